The van der Waals surface area contributed by atoms with E-state index >= 15 is 0 Å². The Morgan fingerprint density at radius 2 is 2.00 bits per heavy atom. The Labute approximate surface area is 137 Å². The third-order valence-electron chi connectivity index (χ3n) is 4.85. The molecule has 1 spiro atoms. The largest absolute Gasteiger partial charge is 0.339 e. The lowest BCUT2D eigenvalue weighted by Crippen LogP contribution is -2.44. The summed E-state index contributed by atoms with van der Waals surface area (Å²) in [5.41, 5.74) is 2.17. The molecular weight excluding hydrogens is 307 g/mol. The number of hydrogen-bond donors (Lipinski definition) is 1. The number of halogens is 2. The van der Waals surface area contributed by atoms with E-state index in [0.717, 1.165) is 55.2 Å². The van der Waals surface area contributed by atoms with Crippen LogP contribution in [0, 0.1) is 12.3 Å². The van der Waals surface area contributed by atoms with Crippen LogP contribution in [0.25, 0.3) is 0 Å². The van der Waals surface area contributed by atoms with Crippen molar-refractivity contribution in [1.29, 1.82) is 0 Å². The minimum absolute atomic E-state index is 0. The van der Waals surface area contributed by atoms with Crippen LogP contribution >= 0.6 is 24.0 Å². The van der Waals surface area contributed by atoms with Gasteiger partial charge in [-0.1, -0.05) is 11.6 Å². The van der Waals surface area contributed by atoms with Crippen LogP contribution in [0.2, 0.25) is 5.02 Å². The number of carbonyl (C=O) groups excluding carboxylic acids is 1. The molecule has 1 N–H and O–H groups in total. The molecule has 2 aliphatic rings. The number of amides is 1. The predicted octanol–water partition coefficient (Wildman–Crippen LogP) is 3.29. The van der Waals surface area contributed by atoms with Gasteiger partial charge in [-0.25, -0.2) is 0 Å². The Balaban J connectivity index is 0.00000161. The minimum atomic E-state index is 0. The zero-order valence-electron chi connectivity index (χ0n) is 12.3. The van der Waals surface area contributed by atoms with Gasteiger partial charge in [-0.3, -0.25) is 4.79 Å². The minimum Gasteiger partial charge on any atom is -0.339 e. The first-order valence-electron chi connectivity index (χ1n) is 7.36. The Morgan fingerprint density at radius 3 is 2.57 bits per heavy atom. The Morgan fingerprint density at radius 1 is 1.29 bits per heavy atom. The first-order valence-corrected chi connectivity index (χ1v) is 7.74. The summed E-state index contributed by atoms with van der Waals surface area (Å²) in [5, 5.41) is 4.17. The molecule has 1 amide bonds. The SMILES string of the molecule is Cc1cc(C(=O)N2CCC3(CCNC3)CC2)ccc1Cl.Cl. The summed E-state index contributed by atoms with van der Waals surface area (Å²) in [5.74, 6) is 0.144. The molecule has 3 nitrogen and oxygen atoms in total. The average Bonchev–Trinajstić information content (AvgIpc) is 2.90. The van der Waals surface area contributed by atoms with Crippen molar-refractivity contribution in [1.82, 2.24) is 10.2 Å². The highest BCUT2D eigenvalue weighted by Crippen LogP contribution is 2.37. The standard InChI is InChI=1S/C16H21ClN2O.ClH/c1-12-10-13(2-3-14(12)17)15(20)19-8-5-16(6-9-19)4-7-18-11-16;/h2-3,10,18H,4-9,11H2,1H3;1H. The van der Waals surface area contributed by atoms with Crippen LogP contribution in [-0.2, 0) is 0 Å². The van der Waals surface area contributed by atoms with Crippen molar-refractivity contribution >= 4 is 29.9 Å². The number of benzene rings is 1. The topological polar surface area (TPSA) is 32.3 Å². The maximum Gasteiger partial charge on any atom is 0.253 e. The second-order valence-corrected chi connectivity index (χ2v) is 6.59. The van der Waals surface area contributed by atoms with Crippen molar-refractivity contribution in [3.63, 3.8) is 0 Å². The molecule has 0 unspecified atom stereocenters. The molecule has 21 heavy (non-hydrogen) atoms. The van der Waals surface area contributed by atoms with Gasteiger partial charge in [0.25, 0.3) is 5.91 Å². The fourth-order valence-corrected chi connectivity index (χ4v) is 3.48. The third-order valence-corrected chi connectivity index (χ3v) is 5.27. The van der Waals surface area contributed by atoms with Crippen molar-refractivity contribution in [3.05, 3.63) is 34.3 Å². The van der Waals surface area contributed by atoms with Crippen LogP contribution in [-0.4, -0.2) is 37.0 Å². The van der Waals surface area contributed by atoms with Crippen LogP contribution in [0.1, 0.15) is 35.2 Å². The first kappa shape index (κ1) is 16.6. The van der Waals surface area contributed by atoms with E-state index in [1.54, 1.807) is 0 Å². The molecule has 116 valence electrons. The van der Waals surface area contributed by atoms with Crippen LogP contribution in [0.15, 0.2) is 18.2 Å². The number of nitrogens with zero attached hydrogens (tertiary/aromatic N) is 1. The van der Waals surface area contributed by atoms with Gasteiger partial charge in [0, 0.05) is 30.2 Å². The zero-order chi connectivity index (χ0) is 14.2. The first-order chi connectivity index (χ1) is 9.60. The van der Waals surface area contributed by atoms with E-state index in [-0.39, 0.29) is 18.3 Å². The molecule has 0 aliphatic carbocycles. The molecule has 2 fully saturated rings. The van der Waals surface area contributed by atoms with Crippen molar-refractivity contribution < 1.29 is 4.79 Å². The smallest absolute Gasteiger partial charge is 0.253 e. The maximum atomic E-state index is 12.5. The molecule has 0 aromatic heterocycles. The fourth-order valence-electron chi connectivity index (χ4n) is 3.37. The second-order valence-electron chi connectivity index (χ2n) is 6.18. The van der Waals surface area contributed by atoms with E-state index in [9.17, 15) is 4.79 Å². The quantitative estimate of drug-likeness (QED) is 0.857. The summed E-state index contributed by atoms with van der Waals surface area (Å²) in [7, 11) is 0. The van der Waals surface area contributed by atoms with E-state index in [2.05, 4.69) is 5.32 Å². The molecule has 0 saturated carbocycles. The van der Waals surface area contributed by atoms with Crippen LogP contribution in [0.3, 0.4) is 0 Å². The van der Waals surface area contributed by atoms with Gasteiger partial charge in [-0.15, -0.1) is 12.4 Å². The van der Waals surface area contributed by atoms with Gasteiger partial charge in [-0.05, 0) is 61.9 Å². The lowest BCUT2D eigenvalue weighted by Gasteiger charge is -2.39. The number of carbonyl (C=O) groups is 1. The number of rotatable bonds is 1. The van der Waals surface area contributed by atoms with Crippen LogP contribution in [0.5, 0.6) is 0 Å². The van der Waals surface area contributed by atoms with Crippen molar-refractivity contribution in [2.75, 3.05) is 26.2 Å². The summed E-state index contributed by atoms with van der Waals surface area (Å²) in [6.45, 7) is 5.94. The fraction of sp³-hybridized carbons (Fsp3) is 0.562. The summed E-state index contributed by atoms with van der Waals surface area (Å²) < 4.78 is 0. The van der Waals surface area contributed by atoms with Crippen molar-refractivity contribution in [3.8, 4) is 0 Å². The number of hydrogen-bond acceptors (Lipinski definition) is 2. The number of nitrogens with one attached hydrogen (secondary N) is 1. The molecule has 2 heterocycles. The van der Waals surface area contributed by atoms with Crippen LogP contribution < -0.4 is 5.32 Å². The van der Waals surface area contributed by atoms with Gasteiger partial charge in [0.05, 0.1) is 0 Å². The molecule has 0 radical (unpaired) electrons. The summed E-state index contributed by atoms with van der Waals surface area (Å²) >= 11 is 6.02. The van der Waals surface area contributed by atoms with Gasteiger partial charge < -0.3 is 10.2 Å². The third kappa shape index (κ3) is 3.36. The Kier molecular flexibility index (Phi) is 5.18. The number of aryl methyl sites for hydroxylation is 1. The predicted molar refractivity (Wildman–Crippen MR) is 88.5 cm³/mol. The molecule has 2 aliphatic heterocycles. The maximum absolute atomic E-state index is 12.5. The van der Waals surface area contributed by atoms with E-state index in [1.807, 2.05) is 30.0 Å². The molecule has 2 saturated heterocycles. The molecule has 1 aromatic rings. The van der Waals surface area contributed by atoms with E-state index in [4.69, 9.17) is 11.6 Å². The number of likely N-dealkylation sites (tertiary alicyclic amines) is 1. The van der Waals surface area contributed by atoms with Gasteiger partial charge >= 0.3 is 0 Å². The summed E-state index contributed by atoms with van der Waals surface area (Å²) in [6.07, 6.45) is 3.51. The summed E-state index contributed by atoms with van der Waals surface area (Å²) in [4.78, 5) is 14.5. The van der Waals surface area contributed by atoms with E-state index in [0.29, 0.717) is 5.41 Å². The average molecular weight is 329 g/mol. The van der Waals surface area contributed by atoms with Crippen molar-refractivity contribution in [2.45, 2.75) is 26.2 Å². The summed E-state index contributed by atoms with van der Waals surface area (Å²) in [6, 6.07) is 5.54. The van der Waals surface area contributed by atoms with Crippen LogP contribution in [0.4, 0.5) is 0 Å². The highest BCUT2D eigenvalue weighted by Gasteiger charge is 2.38. The highest BCUT2D eigenvalue weighted by atomic mass is 35.5. The molecule has 0 bridgehead atoms. The van der Waals surface area contributed by atoms with Crippen molar-refractivity contribution in [2.24, 2.45) is 5.41 Å². The number of piperidine rings is 1. The molecule has 5 heteroatoms. The van der Waals surface area contributed by atoms with Gasteiger partial charge in [0.1, 0.15) is 0 Å². The monoisotopic (exact) mass is 328 g/mol. The molecular formula is C16H22Cl2N2O. The lowest BCUT2D eigenvalue weighted by atomic mass is 9.78. The van der Waals surface area contributed by atoms with Gasteiger partial charge in [0.2, 0.25) is 0 Å². The van der Waals surface area contributed by atoms with Gasteiger partial charge in [0.15, 0.2) is 0 Å². The second kappa shape index (κ2) is 6.55. The molecule has 0 atom stereocenters. The van der Waals surface area contributed by atoms with E-state index in [1.165, 1.54) is 6.42 Å². The Hall–Kier alpha value is -0.770. The molecule has 3 rings (SSSR count). The zero-order valence-corrected chi connectivity index (χ0v) is 13.9. The lowest BCUT2D eigenvalue weighted by molar-refractivity contribution is 0.0607. The highest BCUT2D eigenvalue weighted by molar-refractivity contribution is 6.31. The Bertz CT molecular complexity index is 517. The van der Waals surface area contributed by atoms with E-state index < -0.39 is 0 Å². The molecule has 1 aromatic carbocycles. The normalized spacial score (nSPS) is 20.4. The van der Waals surface area contributed by atoms with Gasteiger partial charge in [-0.2, -0.15) is 0 Å².